The van der Waals surface area contributed by atoms with Crippen LogP contribution in [0.5, 0.6) is 5.75 Å². The molecular formula is C13H23N3O. The number of anilines is 1. The molecule has 0 spiro atoms. The van der Waals surface area contributed by atoms with Crippen molar-refractivity contribution in [2.75, 3.05) is 31.9 Å². The van der Waals surface area contributed by atoms with Crippen molar-refractivity contribution in [1.82, 2.24) is 10.2 Å². The molecule has 4 heteroatoms. The number of hydrogen-bond donors (Lipinski definition) is 3. The van der Waals surface area contributed by atoms with Crippen molar-refractivity contribution in [2.24, 2.45) is 0 Å². The van der Waals surface area contributed by atoms with Gasteiger partial charge in [-0.25, -0.2) is 0 Å². The Hall–Kier alpha value is -1.26. The van der Waals surface area contributed by atoms with Crippen molar-refractivity contribution >= 4 is 5.69 Å². The number of nitrogens with zero attached hydrogens (tertiary/aromatic N) is 1. The minimum absolute atomic E-state index is 0.320. The monoisotopic (exact) mass is 237 g/mol. The van der Waals surface area contributed by atoms with E-state index in [1.807, 2.05) is 6.07 Å². The van der Waals surface area contributed by atoms with E-state index < -0.39 is 0 Å². The van der Waals surface area contributed by atoms with Gasteiger partial charge in [0.1, 0.15) is 5.75 Å². The number of benzene rings is 1. The van der Waals surface area contributed by atoms with Crippen LogP contribution in [-0.4, -0.2) is 36.2 Å². The van der Waals surface area contributed by atoms with Gasteiger partial charge < -0.3 is 16.2 Å². The fraction of sp³-hybridized carbons (Fsp3) is 0.538. The molecule has 0 fully saturated rings. The zero-order chi connectivity index (χ0) is 12.7. The third-order valence-electron chi connectivity index (χ3n) is 2.80. The standard InChI is InChI=1S/C13H23N3O/c1-3-15-7-8-16(4-2)10-11-9-12(14)5-6-13(11)17/h5-6,9,15,17H,3-4,7-8,10,14H2,1-2H3. The smallest absolute Gasteiger partial charge is 0.120 e. The first-order chi connectivity index (χ1) is 8.17. The summed E-state index contributed by atoms with van der Waals surface area (Å²) >= 11 is 0. The summed E-state index contributed by atoms with van der Waals surface area (Å²) in [6, 6.07) is 5.21. The molecule has 0 saturated carbocycles. The lowest BCUT2D eigenvalue weighted by Crippen LogP contribution is -2.31. The quantitative estimate of drug-likeness (QED) is 0.381. The van der Waals surface area contributed by atoms with Gasteiger partial charge >= 0.3 is 0 Å². The van der Waals surface area contributed by atoms with Gasteiger partial charge in [-0.2, -0.15) is 0 Å². The zero-order valence-electron chi connectivity index (χ0n) is 10.7. The summed E-state index contributed by atoms with van der Waals surface area (Å²) in [7, 11) is 0. The van der Waals surface area contributed by atoms with Crippen molar-refractivity contribution < 1.29 is 5.11 Å². The molecule has 96 valence electrons. The highest BCUT2D eigenvalue weighted by atomic mass is 16.3. The Morgan fingerprint density at radius 1 is 1.35 bits per heavy atom. The maximum Gasteiger partial charge on any atom is 0.120 e. The lowest BCUT2D eigenvalue weighted by atomic mass is 10.1. The summed E-state index contributed by atoms with van der Waals surface area (Å²) in [5.41, 5.74) is 7.31. The Morgan fingerprint density at radius 2 is 2.12 bits per heavy atom. The van der Waals surface area contributed by atoms with E-state index in [9.17, 15) is 5.11 Å². The molecule has 4 nitrogen and oxygen atoms in total. The fourth-order valence-corrected chi connectivity index (χ4v) is 1.74. The Bertz CT molecular complexity index is 341. The second-order valence-corrected chi connectivity index (χ2v) is 4.11. The van der Waals surface area contributed by atoms with Crippen LogP contribution in [0.1, 0.15) is 19.4 Å². The molecule has 0 heterocycles. The van der Waals surface area contributed by atoms with Gasteiger partial charge in [-0.15, -0.1) is 0 Å². The second kappa shape index (κ2) is 7.14. The Balaban J connectivity index is 2.57. The van der Waals surface area contributed by atoms with Gasteiger partial charge in [-0.05, 0) is 31.3 Å². The second-order valence-electron chi connectivity index (χ2n) is 4.11. The summed E-state index contributed by atoms with van der Waals surface area (Å²) < 4.78 is 0. The van der Waals surface area contributed by atoms with E-state index in [2.05, 4.69) is 24.1 Å². The molecule has 17 heavy (non-hydrogen) atoms. The molecule has 0 atom stereocenters. The van der Waals surface area contributed by atoms with Crippen LogP contribution in [0.25, 0.3) is 0 Å². The van der Waals surface area contributed by atoms with Crippen LogP contribution in [0.3, 0.4) is 0 Å². The van der Waals surface area contributed by atoms with Crippen LogP contribution in [0.2, 0.25) is 0 Å². The van der Waals surface area contributed by atoms with E-state index in [1.165, 1.54) is 0 Å². The topological polar surface area (TPSA) is 61.5 Å². The van der Waals surface area contributed by atoms with E-state index in [1.54, 1.807) is 12.1 Å². The zero-order valence-corrected chi connectivity index (χ0v) is 10.7. The van der Waals surface area contributed by atoms with Crippen LogP contribution in [0.4, 0.5) is 5.69 Å². The van der Waals surface area contributed by atoms with E-state index in [-0.39, 0.29) is 0 Å². The SMILES string of the molecule is CCNCCN(CC)Cc1cc(N)ccc1O. The van der Waals surface area contributed by atoms with Crippen LogP contribution < -0.4 is 11.1 Å². The predicted octanol–water partition coefficient (Wildman–Crippen LogP) is 1.41. The first kappa shape index (κ1) is 13.8. The lowest BCUT2D eigenvalue weighted by molar-refractivity contribution is 0.276. The summed E-state index contributed by atoms with van der Waals surface area (Å²) in [4.78, 5) is 2.27. The molecule has 4 N–H and O–H groups in total. The number of phenolic OH excluding ortho intramolecular Hbond substituents is 1. The van der Waals surface area contributed by atoms with Crippen molar-refractivity contribution in [3.63, 3.8) is 0 Å². The molecule has 0 bridgehead atoms. The number of aromatic hydroxyl groups is 1. The molecule has 0 saturated heterocycles. The fourth-order valence-electron chi connectivity index (χ4n) is 1.74. The van der Waals surface area contributed by atoms with Gasteiger partial charge in [0.15, 0.2) is 0 Å². The maximum atomic E-state index is 9.75. The summed E-state index contributed by atoms with van der Waals surface area (Å²) in [5.74, 6) is 0.320. The Labute approximate surface area is 103 Å². The lowest BCUT2D eigenvalue weighted by Gasteiger charge is -2.21. The molecule has 0 aliphatic carbocycles. The molecule has 0 aliphatic heterocycles. The van der Waals surface area contributed by atoms with Crippen molar-refractivity contribution in [2.45, 2.75) is 20.4 Å². The number of likely N-dealkylation sites (N-methyl/N-ethyl adjacent to an activating group) is 2. The van der Waals surface area contributed by atoms with E-state index >= 15 is 0 Å². The molecule has 0 radical (unpaired) electrons. The van der Waals surface area contributed by atoms with Crippen LogP contribution in [-0.2, 0) is 6.54 Å². The molecule has 1 aromatic carbocycles. The van der Waals surface area contributed by atoms with Crippen molar-refractivity contribution in [1.29, 1.82) is 0 Å². The van der Waals surface area contributed by atoms with Gasteiger partial charge in [-0.1, -0.05) is 13.8 Å². The largest absolute Gasteiger partial charge is 0.508 e. The van der Waals surface area contributed by atoms with Gasteiger partial charge in [0.05, 0.1) is 0 Å². The summed E-state index contributed by atoms with van der Waals surface area (Å²) in [6.07, 6.45) is 0. The number of rotatable bonds is 7. The third-order valence-corrected chi connectivity index (χ3v) is 2.80. The van der Waals surface area contributed by atoms with Gasteiger partial charge in [-0.3, -0.25) is 4.90 Å². The molecule has 0 unspecified atom stereocenters. The Kier molecular flexibility index (Phi) is 5.80. The highest BCUT2D eigenvalue weighted by Crippen LogP contribution is 2.21. The van der Waals surface area contributed by atoms with Crippen LogP contribution >= 0.6 is 0 Å². The minimum atomic E-state index is 0.320. The highest BCUT2D eigenvalue weighted by Gasteiger charge is 2.07. The average Bonchev–Trinajstić information content (AvgIpc) is 2.32. The Morgan fingerprint density at radius 3 is 2.76 bits per heavy atom. The molecule has 1 aromatic rings. The first-order valence-electron chi connectivity index (χ1n) is 6.17. The minimum Gasteiger partial charge on any atom is -0.508 e. The normalized spacial score (nSPS) is 11.0. The van der Waals surface area contributed by atoms with E-state index in [0.29, 0.717) is 11.4 Å². The predicted molar refractivity (Wildman–Crippen MR) is 72.0 cm³/mol. The number of nitrogen functional groups attached to an aromatic ring is 1. The van der Waals surface area contributed by atoms with E-state index in [0.717, 1.165) is 38.3 Å². The molecular weight excluding hydrogens is 214 g/mol. The van der Waals surface area contributed by atoms with E-state index in [4.69, 9.17) is 5.73 Å². The van der Waals surface area contributed by atoms with Crippen molar-refractivity contribution in [3.05, 3.63) is 23.8 Å². The molecule has 1 rings (SSSR count). The maximum absolute atomic E-state index is 9.75. The van der Waals surface area contributed by atoms with Gasteiger partial charge in [0.2, 0.25) is 0 Å². The number of phenols is 1. The molecule has 0 aromatic heterocycles. The summed E-state index contributed by atoms with van der Waals surface area (Å²) in [5, 5.41) is 13.0. The number of nitrogens with two attached hydrogens (primary N) is 1. The molecule has 0 amide bonds. The van der Waals surface area contributed by atoms with Crippen molar-refractivity contribution in [3.8, 4) is 5.75 Å². The third kappa shape index (κ3) is 4.63. The highest BCUT2D eigenvalue weighted by molar-refractivity contribution is 5.47. The van der Waals surface area contributed by atoms with Crippen LogP contribution in [0.15, 0.2) is 18.2 Å². The average molecular weight is 237 g/mol. The summed E-state index contributed by atoms with van der Waals surface area (Å²) in [6.45, 7) is 8.83. The van der Waals surface area contributed by atoms with Crippen LogP contribution in [0, 0.1) is 0 Å². The molecule has 0 aliphatic rings. The van der Waals surface area contributed by atoms with Gasteiger partial charge in [0, 0.05) is 30.9 Å². The first-order valence-corrected chi connectivity index (χ1v) is 6.17. The van der Waals surface area contributed by atoms with Gasteiger partial charge in [0.25, 0.3) is 0 Å². The number of hydrogen-bond acceptors (Lipinski definition) is 4. The number of nitrogens with one attached hydrogen (secondary N) is 1.